The Balaban J connectivity index is 2.24. The molecule has 2 heterocycles. The quantitative estimate of drug-likeness (QED) is 0.396. The second-order valence-electron chi connectivity index (χ2n) is 5.26. The summed E-state index contributed by atoms with van der Waals surface area (Å²) in [5.74, 6) is -0.654. The van der Waals surface area contributed by atoms with E-state index in [2.05, 4.69) is 5.10 Å². The van der Waals surface area contributed by atoms with E-state index < -0.39 is 47.1 Å². The lowest BCUT2D eigenvalue weighted by Gasteiger charge is -2.09. The van der Waals surface area contributed by atoms with Crippen LogP contribution in [-0.4, -0.2) is 41.5 Å². The molecule has 0 amide bonds. The van der Waals surface area contributed by atoms with Crippen LogP contribution >= 0.6 is 0 Å². The summed E-state index contributed by atoms with van der Waals surface area (Å²) in [6.07, 6.45) is 2.36. The standard InChI is InChI=1S/C14H10N2O9S2/c17-13-6-10(14(18)8-3-4-25-7-8)15-16(13)11-5-9(26(19,20)21)1-2-12(11)27(22,23)24/h1-7,15H,(H,19,20,21)(H,22,23,24). The molecule has 0 aliphatic carbocycles. The molecule has 3 rings (SSSR count). The largest absolute Gasteiger partial charge is 0.472 e. The number of carbonyl (C=O) groups is 1. The highest BCUT2D eigenvalue weighted by atomic mass is 32.2. The van der Waals surface area contributed by atoms with Gasteiger partial charge in [-0.3, -0.25) is 23.8 Å². The van der Waals surface area contributed by atoms with Crippen LogP contribution in [0.1, 0.15) is 16.1 Å². The number of nitrogens with zero attached hydrogens (tertiary/aromatic N) is 1. The highest BCUT2D eigenvalue weighted by Crippen LogP contribution is 2.23. The number of hydrogen-bond donors (Lipinski definition) is 3. The zero-order chi connectivity index (χ0) is 20.0. The van der Waals surface area contributed by atoms with E-state index in [0.29, 0.717) is 16.8 Å². The van der Waals surface area contributed by atoms with Gasteiger partial charge in [-0.2, -0.15) is 16.8 Å². The van der Waals surface area contributed by atoms with Gasteiger partial charge in [0.25, 0.3) is 25.8 Å². The molecule has 11 nitrogen and oxygen atoms in total. The predicted octanol–water partition coefficient (Wildman–Crippen LogP) is 0.483. The molecule has 1 aromatic carbocycles. The van der Waals surface area contributed by atoms with Crippen LogP contribution in [0.2, 0.25) is 0 Å². The highest BCUT2D eigenvalue weighted by molar-refractivity contribution is 7.86. The van der Waals surface area contributed by atoms with Crippen molar-refractivity contribution in [3.63, 3.8) is 0 Å². The summed E-state index contributed by atoms with van der Waals surface area (Å²) in [7, 11) is -9.61. The lowest BCUT2D eigenvalue weighted by Crippen LogP contribution is -2.18. The van der Waals surface area contributed by atoms with Gasteiger partial charge in [0.1, 0.15) is 16.9 Å². The van der Waals surface area contributed by atoms with Crippen molar-refractivity contribution in [1.82, 2.24) is 9.78 Å². The van der Waals surface area contributed by atoms with Crippen molar-refractivity contribution < 1.29 is 35.2 Å². The fourth-order valence-corrected chi connectivity index (χ4v) is 3.45. The van der Waals surface area contributed by atoms with Gasteiger partial charge >= 0.3 is 0 Å². The van der Waals surface area contributed by atoms with Crippen LogP contribution in [0.4, 0.5) is 0 Å². The van der Waals surface area contributed by atoms with Gasteiger partial charge in [0.15, 0.2) is 0 Å². The van der Waals surface area contributed by atoms with Gasteiger partial charge in [-0.25, -0.2) is 4.68 Å². The first-order chi connectivity index (χ1) is 12.5. The molecular formula is C14H10N2O9S2. The Bertz CT molecular complexity index is 1300. The number of aromatic amines is 1. The average molecular weight is 414 g/mol. The number of H-pyrrole nitrogens is 1. The lowest BCUT2D eigenvalue weighted by molar-refractivity contribution is 0.103. The van der Waals surface area contributed by atoms with Crippen LogP contribution in [0.5, 0.6) is 0 Å². The van der Waals surface area contributed by atoms with Gasteiger partial charge in [-0.15, -0.1) is 0 Å². The number of aromatic nitrogens is 2. The topological polar surface area (TPSA) is 177 Å². The monoisotopic (exact) mass is 414 g/mol. The Labute approximate surface area is 151 Å². The minimum absolute atomic E-state index is 0.102. The minimum atomic E-state index is -4.87. The van der Waals surface area contributed by atoms with Crippen molar-refractivity contribution in [2.24, 2.45) is 0 Å². The van der Waals surface area contributed by atoms with E-state index in [1.54, 1.807) is 0 Å². The Morgan fingerprint density at radius 1 is 1.04 bits per heavy atom. The van der Waals surface area contributed by atoms with Crippen LogP contribution in [0.25, 0.3) is 5.69 Å². The fourth-order valence-electron chi connectivity index (χ4n) is 2.29. The third-order valence-corrected chi connectivity index (χ3v) is 5.25. The van der Waals surface area contributed by atoms with Crippen LogP contribution < -0.4 is 5.56 Å². The van der Waals surface area contributed by atoms with Crippen LogP contribution in [0, 0.1) is 0 Å². The average Bonchev–Trinajstić information content (AvgIpc) is 3.21. The van der Waals surface area contributed by atoms with Gasteiger partial charge in [-0.05, 0) is 24.3 Å². The SMILES string of the molecule is O=C(c1ccoc1)c1cc(=O)n(-c2cc(S(=O)(=O)O)ccc2S(=O)(=O)O)[nH]1. The zero-order valence-electron chi connectivity index (χ0n) is 13.1. The molecule has 0 aliphatic heterocycles. The molecule has 0 spiro atoms. The van der Waals surface area contributed by atoms with Crippen LogP contribution in [0.3, 0.4) is 0 Å². The predicted molar refractivity (Wildman–Crippen MR) is 88.2 cm³/mol. The smallest absolute Gasteiger partial charge is 0.296 e. The molecule has 3 N–H and O–H groups in total. The molecule has 0 saturated heterocycles. The van der Waals surface area contributed by atoms with Crippen molar-refractivity contribution in [2.45, 2.75) is 9.79 Å². The Morgan fingerprint density at radius 2 is 1.74 bits per heavy atom. The molecule has 0 atom stereocenters. The molecular weight excluding hydrogens is 404 g/mol. The number of ketones is 1. The van der Waals surface area contributed by atoms with E-state index in [-0.39, 0.29) is 11.3 Å². The van der Waals surface area contributed by atoms with Crippen LogP contribution in [0.15, 0.2) is 61.9 Å². The molecule has 27 heavy (non-hydrogen) atoms. The molecule has 2 aromatic heterocycles. The maximum Gasteiger partial charge on any atom is 0.296 e. The second-order valence-corrected chi connectivity index (χ2v) is 8.08. The van der Waals surface area contributed by atoms with Crippen LogP contribution in [-0.2, 0) is 20.2 Å². The molecule has 142 valence electrons. The van der Waals surface area contributed by atoms with Crippen molar-refractivity contribution in [3.05, 3.63) is 64.5 Å². The van der Waals surface area contributed by atoms with E-state index in [4.69, 9.17) is 8.97 Å². The number of benzene rings is 1. The number of carbonyl (C=O) groups excluding carboxylic acids is 1. The Kier molecular flexibility index (Phi) is 4.39. The second kappa shape index (κ2) is 6.31. The molecule has 0 radical (unpaired) electrons. The molecule has 0 saturated carbocycles. The van der Waals surface area contributed by atoms with Crippen molar-refractivity contribution in [2.75, 3.05) is 0 Å². The van der Waals surface area contributed by atoms with E-state index in [9.17, 15) is 31.0 Å². The molecule has 0 aliphatic rings. The summed E-state index contributed by atoms with van der Waals surface area (Å²) in [6, 6.07) is 4.26. The van der Waals surface area contributed by atoms with E-state index in [1.165, 1.54) is 12.3 Å². The number of rotatable bonds is 5. The van der Waals surface area contributed by atoms with E-state index in [1.807, 2.05) is 0 Å². The van der Waals surface area contributed by atoms with Gasteiger partial charge in [0.05, 0.1) is 22.4 Å². The molecule has 13 heteroatoms. The maximum absolute atomic E-state index is 12.3. The first kappa shape index (κ1) is 18.8. The molecule has 0 fully saturated rings. The maximum atomic E-state index is 12.3. The summed E-state index contributed by atoms with van der Waals surface area (Å²) >= 11 is 0. The summed E-state index contributed by atoms with van der Waals surface area (Å²) in [5.41, 5.74) is -1.67. The van der Waals surface area contributed by atoms with Gasteiger partial charge in [-0.1, -0.05) is 0 Å². The summed E-state index contributed by atoms with van der Waals surface area (Å²) in [4.78, 5) is 22.9. The molecule has 0 bridgehead atoms. The van der Waals surface area contributed by atoms with Crippen molar-refractivity contribution in [1.29, 1.82) is 0 Å². The highest BCUT2D eigenvalue weighted by Gasteiger charge is 2.23. The molecule has 3 aromatic rings. The minimum Gasteiger partial charge on any atom is -0.472 e. The van der Waals surface area contributed by atoms with E-state index in [0.717, 1.165) is 18.4 Å². The third-order valence-electron chi connectivity index (χ3n) is 3.50. The first-order valence-corrected chi connectivity index (χ1v) is 9.85. The molecule has 0 unspecified atom stereocenters. The fraction of sp³-hybridized carbons (Fsp3) is 0. The van der Waals surface area contributed by atoms with Gasteiger partial charge in [0.2, 0.25) is 5.78 Å². The third kappa shape index (κ3) is 3.61. The van der Waals surface area contributed by atoms with Gasteiger partial charge in [0, 0.05) is 6.07 Å². The first-order valence-electron chi connectivity index (χ1n) is 6.97. The van der Waals surface area contributed by atoms with Crippen molar-refractivity contribution >= 4 is 26.0 Å². The van der Waals surface area contributed by atoms with E-state index >= 15 is 0 Å². The summed E-state index contributed by atoms with van der Waals surface area (Å²) < 4.78 is 69.5. The normalized spacial score (nSPS) is 12.2. The van der Waals surface area contributed by atoms with Crippen molar-refractivity contribution in [3.8, 4) is 5.69 Å². The number of nitrogens with one attached hydrogen (secondary N) is 1. The lowest BCUT2D eigenvalue weighted by atomic mass is 10.2. The zero-order valence-corrected chi connectivity index (χ0v) is 14.7. The number of hydrogen-bond acceptors (Lipinski definition) is 7. The van der Waals surface area contributed by atoms with Gasteiger partial charge < -0.3 is 4.42 Å². The summed E-state index contributed by atoms with van der Waals surface area (Å²) in [6.45, 7) is 0. The summed E-state index contributed by atoms with van der Waals surface area (Å²) in [5, 5.41) is 2.34. The Morgan fingerprint density at radius 3 is 2.30 bits per heavy atom. The number of furan rings is 1. The Hall–Kier alpha value is -3.00.